The fourth-order valence-electron chi connectivity index (χ4n) is 2.32. The van der Waals surface area contributed by atoms with Gasteiger partial charge in [0.2, 0.25) is 5.91 Å². The molecular weight excluding hydrogens is 220 g/mol. The average Bonchev–Trinajstić information content (AvgIpc) is 2.48. The molecule has 1 aliphatic rings. The van der Waals surface area contributed by atoms with Crippen LogP contribution >= 0.6 is 12.2 Å². The molecule has 0 aromatic carbocycles. The molecule has 3 N–H and O–H groups in total. The van der Waals surface area contributed by atoms with Gasteiger partial charge in [0.1, 0.15) is 0 Å². The Hall–Kier alpha value is -0.640. The monoisotopic (exact) mass is 242 g/mol. The van der Waals surface area contributed by atoms with Crippen molar-refractivity contribution < 1.29 is 4.79 Å². The molecule has 1 saturated carbocycles. The third kappa shape index (κ3) is 1.95. The molecule has 4 heteroatoms. The number of thiocarbonyl (C=S) groups is 1. The summed E-state index contributed by atoms with van der Waals surface area (Å²) < 4.78 is 0. The molecule has 0 aromatic heterocycles. The van der Waals surface area contributed by atoms with Crippen LogP contribution in [0.15, 0.2) is 0 Å². The molecule has 1 aliphatic carbocycles. The van der Waals surface area contributed by atoms with Crippen molar-refractivity contribution in [3.63, 3.8) is 0 Å². The molecule has 1 unspecified atom stereocenters. The standard InChI is InChI=1S/C12H22N2OS/c1-6-7(8(13)16)9(15)14-10-11(2,3)12(10,4)5/h7,10H,6H2,1-5H3,(H2,13,16)(H,14,15). The van der Waals surface area contributed by atoms with Crippen molar-refractivity contribution in [3.8, 4) is 0 Å². The molecule has 16 heavy (non-hydrogen) atoms. The Morgan fingerprint density at radius 2 is 1.81 bits per heavy atom. The van der Waals surface area contributed by atoms with Crippen molar-refractivity contribution >= 4 is 23.1 Å². The first-order valence-corrected chi connectivity index (χ1v) is 6.16. The number of hydrogen-bond acceptors (Lipinski definition) is 2. The highest BCUT2D eigenvalue weighted by Crippen LogP contribution is 2.62. The van der Waals surface area contributed by atoms with E-state index >= 15 is 0 Å². The van der Waals surface area contributed by atoms with Crippen LogP contribution in [0.5, 0.6) is 0 Å². The fraction of sp³-hybridized carbons (Fsp3) is 0.833. The lowest BCUT2D eigenvalue weighted by molar-refractivity contribution is -0.123. The summed E-state index contributed by atoms with van der Waals surface area (Å²) in [6.07, 6.45) is 0.661. The molecule has 1 fully saturated rings. The zero-order valence-corrected chi connectivity index (χ0v) is 11.6. The second-order valence-corrected chi connectivity index (χ2v) is 6.22. The van der Waals surface area contributed by atoms with Crippen LogP contribution in [-0.2, 0) is 4.79 Å². The van der Waals surface area contributed by atoms with E-state index in [1.54, 1.807) is 0 Å². The minimum atomic E-state index is -0.331. The van der Waals surface area contributed by atoms with Crippen LogP contribution in [-0.4, -0.2) is 16.9 Å². The highest BCUT2D eigenvalue weighted by molar-refractivity contribution is 7.80. The molecule has 0 saturated heterocycles. The second kappa shape index (κ2) is 3.99. The van der Waals surface area contributed by atoms with Crippen LogP contribution in [0, 0.1) is 16.7 Å². The van der Waals surface area contributed by atoms with E-state index in [-0.39, 0.29) is 33.7 Å². The van der Waals surface area contributed by atoms with Crippen molar-refractivity contribution in [2.24, 2.45) is 22.5 Å². The highest BCUT2D eigenvalue weighted by Gasteiger charge is 2.65. The number of hydrogen-bond donors (Lipinski definition) is 2. The molecule has 1 amide bonds. The van der Waals surface area contributed by atoms with Gasteiger partial charge in [0, 0.05) is 6.04 Å². The number of nitrogens with one attached hydrogen (secondary N) is 1. The summed E-state index contributed by atoms with van der Waals surface area (Å²) in [4.78, 5) is 12.3. The van der Waals surface area contributed by atoms with E-state index in [0.717, 1.165) is 0 Å². The van der Waals surface area contributed by atoms with Gasteiger partial charge in [-0.15, -0.1) is 0 Å². The largest absolute Gasteiger partial charge is 0.393 e. The summed E-state index contributed by atoms with van der Waals surface area (Å²) in [5.41, 5.74) is 5.85. The Kier molecular flexibility index (Phi) is 3.34. The van der Waals surface area contributed by atoms with Gasteiger partial charge in [0.25, 0.3) is 0 Å². The quantitative estimate of drug-likeness (QED) is 0.740. The zero-order valence-electron chi connectivity index (χ0n) is 10.8. The minimum absolute atomic E-state index is 0.0290. The molecule has 0 radical (unpaired) electrons. The number of amides is 1. The van der Waals surface area contributed by atoms with Crippen molar-refractivity contribution in [2.45, 2.75) is 47.1 Å². The van der Waals surface area contributed by atoms with Crippen molar-refractivity contribution in [1.82, 2.24) is 5.32 Å². The Labute approximate surface area is 103 Å². The molecule has 0 aromatic rings. The van der Waals surface area contributed by atoms with Crippen molar-refractivity contribution in [2.75, 3.05) is 0 Å². The maximum Gasteiger partial charge on any atom is 0.230 e. The summed E-state index contributed by atoms with van der Waals surface area (Å²) in [7, 11) is 0. The Bertz CT molecular complexity index is 309. The van der Waals surface area contributed by atoms with Crippen LogP contribution in [0.4, 0.5) is 0 Å². The van der Waals surface area contributed by atoms with Crippen LogP contribution in [0.3, 0.4) is 0 Å². The Morgan fingerprint density at radius 1 is 1.38 bits per heavy atom. The maximum absolute atomic E-state index is 12.0. The van der Waals surface area contributed by atoms with Gasteiger partial charge in [-0.3, -0.25) is 4.79 Å². The molecule has 1 rings (SSSR count). The van der Waals surface area contributed by atoms with E-state index < -0.39 is 0 Å². The van der Waals surface area contributed by atoms with Gasteiger partial charge in [-0.2, -0.15) is 0 Å². The number of nitrogens with two attached hydrogens (primary N) is 1. The predicted octanol–water partition coefficient (Wildman–Crippen LogP) is 1.85. The van der Waals surface area contributed by atoms with Gasteiger partial charge in [-0.25, -0.2) is 0 Å². The van der Waals surface area contributed by atoms with Crippen LogP contribution < -0.4 is 11.1 Å². The van der Waals surface area contributed by atoms with Crippen LogP contribution in [0.1, 0.15) is 41.0 Å². The van der Waals surface area contributed by atoms with E-state index in [4.69, 9.17) is 18.0 Å². The number of carbonyl (C=O) groups excluding carboxylic acids is 1. The van der Waals surface area contributed by atoms with Crippen LogP contribution in [0.25, 0.3) is 0 Å². The predicted molar refractivity (Wildman–Crippen MR) is 70.1 cm³/mol. The molecule has 0 bridgehead atoms. The van der Waals surface area contributed by atoms with Crippen molar-refractivity contribution in [3.05, 3.63) is 0 Å². The summed E-state index contributed by atoms with van der Waals surface area (Å²) in [6.45, 7) is 10.6. The van der Waals surface area contributed by atoms with Crippen LogP contribution in [0.2, 0.25) is 0 Å². The molecule has 0 aliphatic heterocycles. The molecule has 3 nitrogen and oxygen atoms in total. The third-order valence-corrected chi connectivity index (χ3v) is 4.66. The summed E-state index contributed by atoms with van der Waals surface area (Å²) in [6, 6.07) is 0.218. The Balaban J connectivity index is 2.64. The first-order chi connectivity index (χ1) is 7.16. The van der Waals surface area contributed by atoms with Gasteiger partial charge < -0.3 is 11.1 Å². The maximum atomic E-state index is 12.0. The van der Waals surface area contributed by atoms with Gasteiger partial charge >= 0.3 is 0 Å². The first-order valence-electron chi connectivity index (χ1n) is 5.76. The summed E-state index contributed by atoms with van der Waals surface area (Å²) in [5, 5.41) is 3.06. The molecule has 1 atom stereocenters. The molecular formula is C12H22N2OS. The van der Waals surface area contributed by atoms with Gasteiger partial charge in [0.05, 0.1) is 10.9 Å². The summed E-state index contributed by atoms with van der Waals surface area (Å²) in [5.74, 6) is -0.360. The highest BCUT2D eigenvalue weighted by atomic mass is 32.1. The zero-order chi connectivity index (χ0) is 12.7. The second-order valence-electron chi connectivity index (χ2n) is 5.75. The summed E-state index contributed by atoms with van der Waals surface area (Å²) >= 11 is 4.90. The smallest absolute Gasteiger partial charge is 0.230 e. The van der Waals surface area contributed by atoms with E-state index in [1.165, 1.54) is 0 Å². The Morgan fingerprint density at radius 3 is 2.06 bits per heavy atom. The lowest BCUT2D eigenvalue weighted by Gasteiger charge is -2.14. The minimum Gasteiger partial charge on any atom is -0.393 e. The molecule has 0 heterocycles. The number of rotatable bonds is 4. The van der Waals surface area contributed by atoms with E-state index in [9.17, 15) is 4.79 Å². The topological polar surface area (TPSA) is 55.1 Å². The van der Waals surface area contributed by atoms with E-state index in [1.807, 2.05) is 6.92 Å². The van der Waals surface area contributed by atoms with E-state index in [2.05, 4.69) is 33.0 Å². The fourth-order valence-corrected chi connectivity index (χ4v) is 2.59. The van der Waals surface area contributed by atoms with E-state index in [0.29, 0.717) is 6.42 Å². The molecule has 92 valence electrons. The first kappa shape index (κ1) is 13.4. The lowest BCUT2D eigenvalue weighted by atomic mass is 10.0. The van der Waals surface area contributed by atoms with Crippen molar-refractivity contribution in [1.29, 1.82) is 0 Å². The SMILES string of the molecule is CCC(C(=O)NC1C(C)(C)C1(C)C)C(N)=S. The van der Waals surface area contributed by atoms with Gasteiger partial charge in [-0.1, -0.05) is 46.8 Å². The normalized spacial score (nSPS) is 23.6. The third-order valence-electron chi connectivity index (χ3n) is 4.38. The average molecular weight is 242 g/mol. The lowest BCUT2D eigenvalue weighted by Crippen LogP contribution is -2.40. The van der Waals surface area contributed by atoms with Gasteiger partial charge in [0.15, 0.2) is 0 Å². The molecule has 0 spiro atoms. The van der Waals surface area contributed by atoms with Gasteiger partial charge in [-0.05, 0) is 17.3 Å². The number of carbonyl (C=O) groups is 1.